The Bertz CT molecular complexity index is 215. The first kappa shape index (κ1) is 14.5. The number of carbonyl (C=O) groups is 1. The average molecular weight is 239 g/mol. The van der Waals surface area contributed by atoms with E-state index in [-0.39, 0.29) is 0 Å². The minimum atomic E-state index is 0.392. The molecule has 1 saturated heterocycles. The Morgan fingerprint density at radius 2 is 2.00 bits per heavy atom. The molecule has 1 aliphatic rings. The van der Waals surface area contributed by atoms with Gasteiger partial charge in [0.1, 0.15) is 0 Å². The van der Waals surface area contributed by atoms with Crippen LogP contribution < -0.4 is 0 Å². The Morgan fingerprint density at radius 3 is 2.76 bits per heavy atom. The molecule has 1 atom stereocenters. The van der Waals surface area contributed by atoms with Crippen LogP contribution in [0.25, 0.3) is 0 Å². The number of unbranched alkanes of at least 4 members (excludes halogenated alkanes) is 2. The van der Waals surface area contributed by atoms with Crippen LogP contribution in [0.1, 0.15) is 71.6 Å². The second-order valence-corrected chi connectivity index (χ2v) is 5.58. The molecule has 1 rings (SSSR count). The van der Waals surface area contributed by atoms with Crippen LogP contribution in [0.4, 0.5) is 0 Å². The van der Waals surface area contributed by atoms with Crippen molar-refractivity contribution >= 4 is 5.91 Å². The van der Waals surface area contributed by atoms with Gasteiger partial charge in [0.25, 0.3) is 0 Å². The van der Waals surface area contributed by atoms with E-state index in [0.717, 1.165) is 31.8 Å². The smallest absolute Gasteiger partial charge is 0.222 e. The second kappa shape index (κ2) is 8.54. The highest BCUT2D eigenvalue weighted by Gasteiger charge is 2.16. The van der Waals surface area contributed by atoms with Gasteiger partial charge in [-0.25, -0.2) is 0 Å². The van der Waals surface area contributed by atoms with Gasteiger partial charge in [0.2, 0.25) is 5.91 Å². The molecule has 1 amide bonds. The summed E-state index contributed by atoms with van der Waals surface area (Å²) in [7, 11) is 0. The summed E-state index contributed by atoms with van der Waals surface area (Å²) in [5.41, 5.74) is 0. The minimum Gasteiger partial charge on any atom is -0.343 e. The molecule has 0 aromatic carbocycles. The first-order valence-electron chi connectivity index (χ1n) is 7.51. The van der Waals surface area contributed by atoms with Gasteiger partial charge in [0.15, 0.2) is 0 Å². The summed E-state index contributed by atoms with van der Waals surface area (Å²) in [6.45, 7) is 6.57. The molecule has 0 bridgehead atoms. The van der Waals surface area contributed by atoms with Crippen LogP contribution >= 0.6 is 0 Å². The molecule has 0 aliphatic carbocycles. The summed E-state index contributed by atoms with van der Waals surface area (Å²) in [5.74, 6) is 1.17. The third-order valence-electron chi connectivity index (χ3n) is 3.86. The molecule has 17 heavy (non-hydrogen) atoms. The van der Waals surface area contributed by atoms with Crippen LogP contribution in [0.5, 0.6) is 0 Å². The number of hydrogen-bond donors (Lipinski definition) is 0. The van der Waals surface area contributed by atoms with E-state index in [2.05, 4.69) is 18.7 Å². The highest BCUT2D eigenvalue weighted by molar-refractivity contribution is 5.76. The predicted octanol–water partition coefficient (Wildman–Crippen LogP) is 4.00. The minimum absolute atomic E-state index is 0.392. The lowest BCUT2D eigenvalue weighted by atomic mass is 9.99. The maximum absolute atomic E-state index is 11.8. The Labute approximate surface area is 107 Å². The predicted molar refractivity (Wildman–Crippen MR) is 73.0 cm³/mol. The van der Waals surface area contributed by atoms with E-state index in [0.29, 0.717) is 5.91 Å². The van der Waals surface area contributed by atoms with Gasteiger partial charge in [-0.3, -0.25) is 4.79 Å². The quantitative estimate of drug-likeness (QED) is 0.615. The van der Waals surface area contributed by atoms with E-state index in [1.807, 2.05) is 0 Å². The Hall–Kier alpha value is -0.530. The summed E-state index contributed by atoms with van der Waals surface area (Å²) < 4.78 is 0. The summed E-state index contributed by atoms with van der Waals surface area (Å²) in [4.78, 5) is 13.9. The molecular weight excluding hydrogens is 210 g/mol. The van der Waals surface area contributed by atoms with Crippen molar-refractivity contribution in [1.82, 2.24) is 4.90 Å². The Balaban J connectivity index is 2.16. The SMILES string of the molecule is CCCCCC(C)CCN1CCCCCC1=O. The number of amides is 1. The number of nitrogens with zero attached hydrogens (tertiary/aromatic N) is 1. The summed E-state index contributed by atoms with van der Waals surface area (Å²) >= 11 is 0. The third-order valence-corrected chi connectivity index (χ3v) is 3.86. The van der Waals surface area contributed by atoms with Crippen LogP contribution in [0.2, 0.25) is 0 Å². The molecule has 1 aliphatic heterocycles. The van der Waals surface area contributed by atoms with Crippen LogP contribution in [0.15, 0.2) is 0 Å². The first-order valence-corrected chi connectivity index (χ1v) is 7.51. The highest BCUT2D eigenvalue weighted by atomic mass is 16.2. The van der Waals surface area contributed by atoms with E-state index in [1.165, 1.54) is 44.9 Å². The van der Waals surface area contributed by atoms with E-state index in [1.54, 1.807) is 0 Å². The molecular formula is C15H29NO. The molecule has 1 unspecified atom stereocenters. The fourth-order valence-corrected chi connectivity index (χ4v) is 2.54. The van der Waals surface area contributed by atoms with Gasteiger partial charge in [-0.1, -0.05) is 46.0 Å². The molecule has 1 heterocycles. The fraction of sp³-hybridized carbons (Fsp3) is 0.933. The molecule has 0 spiro atoms. The molecule has 0 saturated carbocycles. The van der Waals surface area contributed by atoms with Gasteiger partial charge in [-0.15, -0.1) is 0 Å². The van der Waals surface area contributed by atoms with Gasteiger partial charge >= 0.3 is 0 Å². The molecule has 2 heteroatoms. The number of hydrogen-bond acceptors (Lipinski definition) is 1. The lowest BCUT2D eigenvalue weighted by molar-refractivity contribution is -0.130. The van der Waals surface area contributed by atoms with Crippen LogP contribution in [-0.4, -0.2) is 23.9 Å². The van der Waals surface area contributed by atoms with E-state index in [4.69, 9.17) is 0 Å². The molecule has 0 N–H and O–H groups in total. The van der Waals surface area contributed by atoms with Crippen molar-refractivity contribution in [3.63, 3.8) is 0 Å². The zero-order chi connectivity index (χ0) is 12.5. The van der Waals surface area contributed by atoms with Gasteiger partial charge in [0, 0.05) is 19.5 Å². The van der Waals surface area contributed by atoms with Crippen LogP contribution in [0.3, 0.4) is 0 Å². The largest absolute Gasteiger partial charge is 0.343 e. The molecule has 2 nitrogen and oxygen atoms in total. The Kier molecular flexibility index (Phi) is 7.30. The van der Waals surface area contributed by atoms with Gasteiger partial charge in [0.05, 0.1) is 0 Å². The topological polar surface area (TPSA) is 20.3 Å². The summed E-state index contributed by atoms with van der Waals surface area (Å²) in [5, 5.41) is 0. The maximum Gasteiger partial charge on any atom is 0.222 e. The van der Waals surface area contributed by atoms with Gasteiger partial charge in [-0.05, 0) is 25.2 Å². The zero-order valence-corrected chi connectivity index (χ0v) is 11.7. The van der Waals surface area contributed by atoms with Crippen molar-refractivity contribution in [3.05, 3.63) is 0 Å². The fourth-order valence-electron chi connectivity index (χ4n) is 2.54. The first-order chi connectivity index (χ1) is 8.24. The van der Waals surface area contributed by atoms with E-state index in [9.17, 15) is 4.79 Å². The summed E-state index contributed by atoms with van der Waals surface area (Å²) in [6.07, 6.45) is 10.8. The molecule has 0 aromatic rings. The van der Waals surface area contributed by atoms with Crippen molar-refractivity contribution < 1.29 is 4.79 Å². The van der Waals surface area contributed by atoms with Gasteiger partial charge in [-0.2, -0.15) is 0 Å². The van der Waals surface area contributed by atoms with Crippen molar-refractivity contribution in [3.8, 4) is 0 Å². The molecule has 0 aromatic heterocycles. The highest BCUT2D eigenvalue weighted by Crippen LogP contribution is 2.16. The molecule has 0 radical (unpaired) electrons. The van der Waals surface area contributed by atoms with Crippen LogP contribution in [0, 0.1) is 5.92 Å². The average Bonchev–Trinajstić information content (AvgIpc) is 2.52. The number of likely N-dealkylation sites (tertiary alicyclic amines) is 1. The number of carbonyl (C=O) groups excluding carboxylic acids is 1. The van der Waals surface area contributed by atoms with Crippen molar-refractivity contribution in [2.75, 3.05) is 13.1 Å². The van der Waals surface area contributed by atoms with Crippen molar-refractivity contribution in [1.29, 1.82) is 0 Å². The lowest BCUT2D eigenvalue weighted by Crippen LogP contribution is -2.32. The monoisotopic (exact) mass is 239 g/mol. The normalized spacial score (nSPS) is 19.2. The number of rotatable bonds is 7. The van der Waals surface area contributed by atoms with E-state index < -0.39 is 0 Å². The van der Waals surface area contributed by atoms with E-state index >= 15 is 0 Å². The zero-order valence-electron chi connectivity index (χ0n) is 11.7. The standard InChI is InChI=1S/C15H29NO/c1-3-4-6-9-14(2)11-13-16-12-8-5-7-10-15(16)17/h14H,3-13H2,1-2H3. The Morgan fingerprint density at radius 1 is 1.18 bits per heavy atom. The third kappa shape index (κ3) is 6.09. The summed E-state index contributed by atoms with van der Waals surface area (Å²) in [6, 6.07) is 0. The molecule has 1 fully saturated rings. The van der Waals surface area contributed by atoms with Gasteiger partial charge < -0.3 is 4.90 Å². The maximum atomic E-state index is 11.8. The lowest BCUT2D eigenvalue weighted by Gasteiger charge is -2.22. The van der Waals surface area contributed by atoms with Crippen LogP contribution in [-0.2, 0) is 4.79 Å². The second-order valence-electron chi connectivity index (χ2n) is 5.58. The molecule has 100 valence electrons. The van der Waals surface area contributed by atoms with Crippen molar-refractivity contribution in [2.24, 2.45) is 5.92 Å². The van der Waals surface area contributed by atoms with Crippen molar-refractivity contribution in [2.45, 2.75) is 71.6 Å².